The molecule has 0 saturated carbocycles. The van der Waals surface area contributed by atoms with Crippen molar-refractivity contribution in [1.82, 2.24) is 0 Å². The fourth-order valence-electron chi connectivity index (χ4n) is 3.77. The maximum absolute atomic E-state index is 13.0. The number of benzene rings is 4. The number of nitrogens with one attached hydrogen (secondary N) is 1. The fraction of sp³-hybridized carbons (Fsp3) is 0. The molecule has 1 N–H and O–H groups in total. The molecule has 0 aliphatic carbocycles. The second kappa shape index (κ2) is 9.66. The molecule has 0 bridgehead atoms. The van der Waals surface area contributed by atoms with E-state index in [4.69, 9.17) is 39.5 Å². The lowest BCUT2D eigenvalue weighted by molar-refractivity contribution is -0.120. The molecule has 2 amide bonds. The van der Waals surface area contributed by atoms with E-state index in [1.807, 2.05) is 36.4 Å². The van der Waals surface area contributed by atoms with Crippen molar-refractivity contribution in [2.75, 3.05) is 10.2 Å². The van der Waals surface area contributed by atoms with E-state index in [9.17, 15) is 14.4 Å². The molecule has 4 aromatic rings. The highest BCUT2D eigenvalue weighted by Crippen LogP contribution is 2.35. The predicted octanol–water partition coefficient (Wildman–Crippen LogP) is 6.80. The molecule has 0 spiro atoms. The third-order valence-corrected chi connectivity index (χ3v) is 6.41. The van der Waals surface area contributed by atoms with Crippen LogP contribution in [0, 0.1) is 0 Å². The molecular formula is C27H15Cl3N2O4. The van der Waals surface area contributed by atoms with Crippen LogP contribution in [-0.2, 0) is 9.59 Å². The van der Waals surface area contributed by atoms with Gasteiger partial charge < -0.3 is 10.1 Å². The minimum atomic E-state index is -0.719. The zero-order chi connectivity index (χ0) is 25.4. The lowest BCUT2D eigenvalue weighted by atomic mass is 10.1. The molecule has 1 aliphatic rings. The molecule has 1 aliphatic heterocycles. The molecule has 5 rings (SSSR count). The minimum absolute atomic E-state index is 0.112. The van der Waals surface area contributed by atoms with Crippen molar-refractivity contribution >= 4 is 74.7 Å². The number of fused-ring (bicyclic) bond motifs is 1. The number of carbonyl (C=O) groups excluding carboxylic acids is 3. The number of amides is 2. The fourth-order valence-corrected chi connectivity index (χ4v) is 4.48. The van der Waals surface area contributed by atoms with E-state index in [1.54, 1.807) is 30.3 Å². The summed E-state index contributed by atoms with van der Waals surface area (Å²) in [6.07, 6.45) is 0. The van der Waals surface area contributed by atoms with Crippen LogP contribution < -0.4 is 15.0 Å². The zero-order valence-corrected chi connectivity index (χ0v) is 20.6. The lowest BCUT2D eigenvalue weighted by Crippen LogP contribution is -2.32. The highest BCUT2D eigenvalue weighted by atomic mass is 35.5. The summed E-state index contributed by atoms with van der Waals surface area (Å²) in [5, 5.41) is 4.84. The van der Waals surface area contributed by atoms with Gasteiger partial charge in [0.2, 0.25) is 0 Å². The van der Waals surface area contributed by atoms with Crippen molar-refractivity contribution in [3.05, 3.63) is 111 Å². The van der Waals surface area contributed by atoms with E-state index in [2.05, 4.69) is 5.32 Å². The van der Waals surface area contributed by atoms with E-state index in [0.29, 0.717) is 22.0 Å². The van der Waals surface area contributed by atoms with E-state index in [-0.39, 0.29) is 21.4 Å². The number of hydrogen-bond acceptors (Lipinski definition) is 5. The SMILES string of the molecule is O=C(Oc1cccc2ccccc12)c1ccc(NC2=C(Cl)C(=O)N(c3ccc(Cl)cc3Cl)C2=O)cc1. The van der Waals surface area contributed by atoms with Gasteiger partial charge in [0.25, 0.3) is 11.8 Å². The second-order valence-corrected chi connectivity index (χ2v) is 9.02. The molecule has 0 aromatic heterocycles. The minimum Gasteiger partial charge on any atom is -0.422 e. The molecule has 0 unspecified atom stereocenters. The molecule has 9 heteroatoms. The van der Waals surface area contributed by atoms with Crippen LogP contribution in [0.15, 0.2) is 95.7 Å². The monoisotopic (exact) mass is 536 g/mol. The summed E-state index contributed by atoms with van der Waals surface area (Å²) in [4.78, 5) is 39.3. The van der Waals surface area contributed by atoms with Gasteiger partial charge in [-0.3, -0.25) is 9.59 Å². The van der Waals surface area contributed by atoms with Gasteiger partial charge in [-0.05, 0) is 53.9 Å². The number of esters is 1. The Morgan fingerprint density at radius 3 is 2.28 bits per heavy atom. The van der Waals surface area contributed by atoms with Gasteiger partial charge in [0.1, 0.15) is 16.5 Å². The average Bonchev–Trinajstić information content (AvgIpc) is 3.08. The smallest absolute Gasteiger partial charge is 0.343 e. The van der Waals surface area contributed by atoms with Crippen LogP contribution in [0.2, 0.25) is 10.0 Å². The molecule has 0 radical (unpaired) electrons. The number of imide groups is 1. The van der Waals surface area contributed by atoms with Gasteiger partial charge in [0, 0.05) is 16.1 Å². The third kappa shape index (κ3) is 4.42. The van der Waals surface area contributed by atoms with Gasteiger partial charge in [-0.2, -0.15) is 0 Å². The quantitative estimate of drug-likeness (QED) is 0.172. The molecule has 0 saturated heterocycles. The van der Waals surface area contributed by atoms with Crippen LogP contribution in [0.4, 0.5) is 11.4 Å². The Bertz CT molecular complexity index is 1580. The van der Waals surface area contributed by atoms with Crippen molar-refractivity contribution in [2.24, 2.45) is 0 Å². The van der Waals surface area contributed by atoms with Gasteiger partial charge in [0.05, 0.1) is 16.3 Å². The van der Waals surface area contributed by atoms with Gasteiger partial charge in [0.15, 0.2) is 0 Å². The van der Waals surface area contributed by atoms with E-state index in [1.165, 1.54) is 18.2 Å². The summed E-state index contributed by atoms with van der Waals surface area (Å²) >= 11 is 18.3. The zero-order valence-electron chi connectivity index (χ0n) is 18.3. The first-order valence-corrected chi connectivity index (χ1v) is 11.8. The molecule has 1 heterocycles. The topological polar surface area (TPSA) is 75.7 Å². The van der Waals surface area contributed by atoms with Gasteiger partial charge >= 0.3 is 5.97 Å². The number of anilines is 2. The number of hydrogen-bond donors (Lipinski definition) is 1. The maximum Gasteiger partial charge on any atom is 0.343 e. The Morgan fingerprint density at radius 2 is 1.53 bits per heavy atom. The van der Waals surface area contributed by atoms with Gasteiger partial charge in [-0.1, -0.05) is 71.2 Å². The predicted molar refractivity (Wildman–Crippen MR) is 141 cm³/mol. The molecule has 4 aromatic carbocycles. The third-order valence-electron chi connectivity index (χ3n) is 5.52. The number of nitrogens with zero attached hydrogens (tertiary/aromatic N) is 1. The summed E-state index contributed by atoms with van der Waals surface area (Å²) < 4.78 is 5.60. The Balaban J connectivity index is 1.33. The highest BCUT2D eigenvalue weighted by molar-refractivity contribution is 6.54. The van der Waals surface area contributed by atoms with Crippen LogP contribution in [0.5, 0.6) is 5.75 Å². The van der Waals surface area contributed by atoms with Crippen molar-refractivity contribution in [1.29, 1.82) is 0 Å². The summed E-state index contributed by atoms with van der Waals surface area (Å²) in [5.74, 6) is -1.48. The molecule has 36 heavy (non-hydrogen) atoms. The normalized spacial score (nSPS) is 13.5. The van der Waals surface area contributed by atoms with E-state index in [0.717, 1.165) is 15.7 Å². The van der Waals surface area contributed by atoms with Crippen molar-refractivity contribution in [2.45, 2.75) is 0 Å². The molecule has 0 fully saturated rings. The van der Waals surface area contributed by atoms with Crippen LogP contribution in [-0.4, -0.2) is 17.8 Å². The standard InChI is InChI=1S/C27H15Cl3N2O4/c28-17-10-13-21(20(29)14-17)32-25(33)23(30)24(26(32)34)31-18-11-8-16(9-12-18)27(35)36-22-7-3-5-15-4-1-2-6-19(15)22/h1-14,31H. The molecular weight excluding hydrogens is 523 g/mol. The first-order valence-electron chi connectivity index (χ1n) is 10.6. The number of ether oxygens (including phenoxy) is 1. The molecule has 0 atom stereocenters. The lowest BCUT2D eigenvalue weighted by Gasteiger charge is -2.16. The number of rotatable bonds is 5. The van der Waals surface area contributed by atoms with Gasteiger partial charge in [-0.15, -0.1) is 0 Å². The molecule has 178 valence electrons. The van der Waals surface area contributed by atoms with Crippen molar-refractivity contribution < 1.29 is 19.1 Å². The van der Waals surface area contributed by atoms with E-state index >= 15 is 0 Å². The van der Waals surface area contributed by atoms with Crippen LogP contribution in [0.3, 0.4) is 0 Å². The maximum atomic E-state index is 13.0. The largest absolute Gasteiger partial charge is 0.422 e. The average molecular weight is 538 g/mol. The second-order valence-electron chi connectivity index (χ2n) is 7.80. The summed E-state index contributed by atoms with van der Waals surface area (Å²) in [5.41, 5.74) is 0.795. The van der Waals surface area contributed by atoms with Crippen molar-refractivity contribution in [3.63, 3.8) is 0 Å². The Labute approximate surface area is 220 Å². The summed E-state index contributed by atoms with van der Waals surface area (Å²) in [6.45, 7) is 0. The first-order chi connectivity index (χ1) is 17.3. The summed E-state index contributed by atoms with van der Waals surface area (Å²) in [6, 6.07) is 23.7. The van der Waals surface area contributed by atoms with Crippen LogP contribution >= 0.6 is 34.8 Å². The summed E-state index contributed by atoms with van der Waals surface area (Å²) in [7, 11) is 0. The van der Waals surface area contributed by atoms with E-state index < -0.39 is 17.8 Å². The van der Waals surface area contributed by atoms with Crippen molar-refractivity contribution in [3.8, 4) is 5.75 Å². The highest BCUT2D eigenvalue weighted by Gasteiger charge is 2.39. The number of halogens is 3. The number of carbonyl (C=O) groups is 3. The Morgan fingerprint density at radius 1 is 0.806 bits per heavy atom. The van der Waals surface area contributed by atoms with Crippen LogP contribution in [0.1, 0.15) is 10.4 Å². The molecule has 6 nitrogen and oxygen atoms in total. The van der Waals surface area contributed by atoms with Gasteiger partial charge in [-0.25, -0.2) is 9.69 Å². The van der Waals surface area contributed by atoms with Crippen LogP contribution in [0.25, 0.3) is 10.8 Å². The first kappa shape index (κ1) is 23.9. The Hall–Kier alpha value is -3.84. The Kier molecular flexibility index (Phi) is 6.41.